The van der Waals surface area contributed by atoms with Crippen LogP contribution in [0.15, 0.2) is 24.3 Å². The van der Waals surface area contributed by atoms with Crippen LogP contribution in [0.25, 0.3) is 0 Å². The average molecular weight is 304 g/mol. The van der Waals surface area contributed by atoms with Gasteiger partial charge >= 0.3 is 0 Å². The smallest absolute Gasteiger partial charge is 0.238 e. The van der Waals surface area contributed by atoms with E-state index in [2.05, 4.69) is 22.5 Å². The van der Waals surface area contributed by atoms with E-state index in [-0.39, 0.29) is 18.3 Å². The molecule has 1 atom stereocenters. The molecule has 1 heterocycles. The van der Waals surface area contributed by atoms with Crippen LogP contribution in [0.2, 0.25) is 5.02 Å². The first-order valence-corrected chi connectivity index (χ1v) is 6.53. The lowest BCUT2D eigenvalue weighted by Crippen LogP contribution is -2.51. The maximum absolute atomic E-state index is 11.9. The fraction of sp³-hybridized carbons (Fsp3) is 0.462. The molecular weight excluding hydrogens is 285 g/mol. The van der Waals surface area contributed by atoms with Crippen LogP contribution >= 0.6 is 24.0 Å². The zero-order chi connectivity index (χ0) is 13.0. The van der Waals surface area contributed by atoms with Crippen molar-refractivity contribution in [2.75, 3.05) is 31.5 Å². The standard InChI is InChI=1S/C13H18ClN3O.ClH/c1-10-8-15-5-6-17(10)9-13(18)16-12-4-2-3-11(14)7-12;/h2-4,7,10,15H,5-6,8-9H2,1H3,(H,16,18);1H/t10-;/m0./s1. The molecule has 19 heavy (non-hydrogen) atoms. The number of carbonyl (C=O) groups is 1. The number of carbonyl (C=O) groups excluding carboxylic acids is 1. The van der Waals surface area contributed by atoms with Crippen LogP contribution in [0, 0.1) is 0 Å². The summed E-state index contributed by atoms with van der Waals surface area (Å²) < 4.78 is 0. The molecule has 0 aliphatic carbocycles. The number of nitrogens with one attached hydrogen (secondary N) is 2. The molecular formula is C13H19Cl2N3O. The Kier molecular flexibility index (Phi) is 6.58. The highest BCUT2D eigenvalue weighted by Crippen LogP contribution is 2.15. The van der Waals surface area contributed by atoms with Gasteiger partial charge in [0.15, 0.2) is 0 Å². The molecule has 0 saturated carbocycles. The van der Waals surface area contributed by atoms with Gasteiger partial charge in [0.2, 0.25) is 5.91 Å². The lowest BCUT2D eigenvalue weighted by molar-refractivity contribution is -0.118. The van der Waals surface area contributed by atoms with Gasteiger partial charge in [-0.3, -0.25) is 9.69 Å². The molecule has 2 N–H and O–H groups in total. The van der Waals surface area contributed by atoms with Gasteiger partial charge in [-0.2, -0.15) is 0 Å². The summed E-state index contributed by atoms with van der Waals surface area (Å²) >= 11 is 5.87. The Balaban J connectivity index is 0.00000180. The van der Waals surface area contributed by atoms with Crippen molar-refractivity contribution in [1.29, 1.82) is 0 Å². The highest BCUT2D eigenvalue weighted by Gasteiger charge is 2.20. The summed E-state index contributed by atoms with van der Waals surface area (Å²) in [6.45, 7) is 5.33. The van der Waals surface area contributed by atoms with Gasteiger partial charge in [0.1, 0.15) is 0 Å². The van der Waals surface area contributed by atoms with E-state index < -0.39 is 0 Å². The van der Waals surface area contributed by atoms with Gasteiger partial charge in [-0.15, -0.1) is 12.4 Å². The summed E-state index contributed by atoms with van der Waals surface area (Å²) in [4.78, 5) is 14.1. The molecule has 0 radical (unpaired) electrons. The van der Waals surface area contributed by atoms with Gasteiger partial charge in [0, 0.05) is 36.4 Å². The highest BCUT2D eigenvalue weighted by molar-refractivity contribution is 6.30. The maximum atomic E-state index is 11.9. The van der Waals surface area contributed by atoms with Crippen molar-refractivity contribution in [3.8, 4) is 0 Å². The second kappa shape index (κ2) is 7.70. The van der Waals surface area contributed by atoms with Crippen molar-refractivity contribution in [3.63, 3.8) is 0 Å². The van der Waals surface area contributed by atoms with Crippen molar-refractivity contribution in [1.82, 2.24) is 10.2 Å². The first-order chi connectivity index (χ1) is 8.65. The molecule has 106 valence electrons. The van der Waals surface area contributed by atoms with Crippen molar-refractivity contribution < 1.29 is 4.79 Å². The molecule has 0 unspecified atom stereocenters. The van der Waals surface area contributed by atoms with E-state index in [1.54, 1.807) is 12.1 Å². The Bertz CT molecular complexity index is 428. The molecule has 1 aromatic rings. The number of halogens is 2. The summed E-state index contributed by atoms with van der Waals surface area (Å²) in [6, 6.07) is 7.59. The van der Waals surface area contributed by atoms with Crippen LogP contribution < -0.4 is 10.6 Å². The number of hydrogen-bond donors (Lipinski definition) is 2. The second-order valence-corrected chi connectivity index (χ2v) is 5.02. The van der Waals surface area contributed by atoms with Crippen molar-refractivity contribution in [3.05, 3.63) is 29.3 Å². The molecule has 1 amide bonds. The average Bonchev–Trinajstić information content (AvgIpc) is 2.32. The topological polar surface area (TPSA) is 44.4 Å². The summed E-state index contributed by atoms with van der Waals surface area (Å²) in [5.74, 6) is 0.00557. The van der Waals surface area contributed by atoms with Gasteiger partial charge in [0.05, 0.1) is 6.54 Å². The van der Waals surface area contributed by atoms with Crippen LogP contribution in [-0.4, -0.2) is 43.0 Å². The largest absolute Gasteiger partial charge is 0.325 e. The zero-order valence-electron chi connectivity index (χ0n) is 10.9. The van der Waals surface area contributed by atoms with Crippen LogP contribution in [-0.2, 0) is 4.79 Å². The molecule has 1 aromatic carbocycles. The van der Waals surface area contributed by atoms with Crippen molar-refractivity contribution in [2.45, 2.75) is 13.0 Å². The van der Waals surface area contributed by atoms with Crippen LogP contribution in [0.5, 0.6) is 0 Å². The summed E-state index contributed by atoms with van der Waals surface area (Å²) in [5.41, 5.74) is 0.746. The molecule has 1 aliphatic rings. The summed E-state index contributed by atoms with van der Waals surface area (Å²) in [6.07, 6.45) is 0. The Morgan fingerprint density at radius 1 is 1.58 bits per heavy atom. The first kappa shape index (κ1) is 16.2. The van der Waals surface area contributed by atoms with Gasteiger partial charge in [-0.1, -0.05) is 17.7 Å². The van der Waals surface area contributed by atoms with E-state index in [4.69, 9.17) is 11.6 Å². The molecule has 4 nitrogen and oxygen atoms in total. The van der Waals surface area contributed by atoms with E-state index in [0.29, 0.717) is 17.6 Å². The lowest BCUT2D eigenvalue weighted by Gasteiger charge is -2.33. The molecule has 2 rings (SSSR count). The van der Waals surface area contributed by atoms with E-state index in [1.807, 2.05) is 12.1 Å². The van der Waals surface area contributed by atoms with Crippen LogP contribution in [0.3, 0.4) is 0 Å². The summed E-state index contributed by atoms with van der Waals surface area (Å²) in [7, 11) is 0. The predicted octanol–water partition coefficient (Wildman–Crippen LogP) is 1.99. The van der Waals surface area contributed by atoms with E-state index in [0.717, 1.165) is 25.3 Å². The van der Waals surface area contributed by atoms with E-state index in [9.17, 15) is 4.79 Å². The second-order valence-electron chi connectivity index (χ2n) is 4.58. The SMILES string of the molecule is C[C@H]1CNCCN1CC(=O)Nc1cccc(Cl)c1.Cl. The Hall–Kier alpha value is -0.810. The number of amides is 1. The Labute approximate surface area is 124 Å². The Morgan fingerprint density at radius 3 is 3.05 bits per heavy atom. The first-order valence-electron chi connectivity index (χ1n) is 6.15. The number of nitrogens with zero attached hydrogens (tertiary/aromatic N) is 1. The molecule has 1 aliphatic heterocycles. The number of benzene rings is 1. The van der Waals surface area contributed by atoms with Crippen LogP contribution in [0.1, 0.15) is 6.92 Å². The van der Waals surface area contributed by atoms with Crippen molar-refractivity contribution >= 4 is 35.6 Å². The molecule has 0 aromatic heterocycles. The lowest BCUT2D eigenvalue weighted by atomic mass is 10.2. The summed E-state index contributed by atoms with van der Waals surface area (Å²) in [5, 5.41) is 6.80. The minimum Gasteiger partial charge on any atom is -0.325 e. The van der Waals surface area contributed by atoms with Gasteiger partial charge in [0.25, 0.3) is 0 Å². The molecule has 0 spiro atoms. The monoisotopic (exact) mass is 303 g/mol. The van der Waals surface area contributed by atoms with Gasteiger partial charge < -0.3 is 10.6 Å². The molecule has 0 bridgehead atoms. The zero-order valence-corrected chi connectivity index (χ0v) is 12.4. The minimum atomic E-state index is 0. The number of piperazine rings is 1. The molecule has 1 saturated heterocycles. The van der Waals surface area contributed by atoms with E-state index >= 15 is 0 Å². The predicted molar refractivity (Wildman–Crippen MR) is 81.2 cm³/mol. The molecule has 6 heteroatoms. The minimum absolute atomic E-state index is 0. The van der Waals surface area contributed by atoms with Gasteiger partial charge in [-0.25, -0.2) is 0 Å². The van der Waals surface area contributed by atoms with E-state index in [1.165, 1.54) is 0 Å². The third-order valence-electron chi connectivity index (χ3n) is 3.09. The normalized spacial score (nSPS) is 19.6. The fourth-order valence-electron chi connectivity index (χ4n) is 2.07. The third kappa shape index (κ3) is 4.99. The fourth-order valence-corrected chi connectivity index (χ4v) is 2.26. The number of anilines is 1. The number of rotatable bonds is 3. The number of hydrogen-bond acceptors (Lipinski definition) is 3. The molecule has 1 fully saturated rings. The maximum Gasteiger partial charge on any atom is 0.238 e. The van der Waals surface area contributed by atoms with Crippen LogP contribution in [0.4, 0.5) is 5.69 Å². The quantitative estimate of drug-likeness (QED) is 0.897. The third-order valence-corrected chi connectivity index (χ3v) is 3.33. The highest BCUT2D eigenvalue weighted by atomic mass is 35.5. The van der Waals surface area contributed by atoms with Gasteiger partial charge in [-0.05, 0) is 25.1 Å². The van der Waals surface area contributed by atoms with Crippen molar-refractivity contribution in [2.24, 2.45) is 0 Å². The Morgan fingerprint density at radius 2 is 2.37 bits per heavy atom.